The quantitative estimate of drug-likeness (QED) is 0.884. The van der Waals surface area contributed by atoms with Gasteiger partial charge in [0.25, 0.3) is 0 Å². The molecule has 0 amide bonds. The molecule has 1 heterocycles. The van der Waals surface area contributed by atoms with E-state index in [1.807, 2.05) is 0 Å². The van der Waals surface area contributed by atoms with E-state index in [2.05, 4.69) is 4.98 Å². The number of halogens is 1. The average Bonchev–Trinajstić information content (AvgIpc) is 2.39. The van der Waals surface area contributed by atoms with Gasteiger partial charge >= 0.3 is 0 Å². The van der Waals surface area contributed by atoms with Crippen LogP contribution in [0.3, 0.4) is 0 Å². The molecule has 0 saturated carbocycles. The molecule has 0 spiro atoms. The van der Waals surface area contributed by atoms with Crippen molar-refractivity contribution in [1.29, 1.82) is 0 Å². The summed E-state index contributed by atoms with van der Waals surface area (Å²) in [5, 5.41) is 10.0. The lowest BCUT2D eigenvalue weighted by atomic mass is 10.1. The Balaban J connectivity index is 2.23. The highest BCUT2D eigenvalue weighted by atomic mass is 19.1. The number of aliphatic hydroxyl groups is 1. The summed E-state index contributed by atoms with van der Waals surface area (Å²) in [5.74, 6) is 0.295. The minimum atomic E-state index is -0.860. The van der Waals surface area contributed by atoms with E-state index < -0.39 is 11.9 Å². The van der Waals surface area contributed by atoms with Crippen LogP contribution >= 0.6 is 0 Å². The van der Waals surface area contributed by atoms with E-state index in [0.29, 0.717) is 17.0 Å². The highest BCUT2D eigenvalue weighted by molar-refractivity contribution is 5.31. The largest absolute Gasteiger partial charge is 0.497 e. The van der Waals surface area contributed by atoms with Crippen LogP contribution in [0.25, 0.3) is 0 Å². The van der Waals surface area contributed by atoms with Gasteiger partial charge in [-0.2, -0.15) is 0 Å². The second-order valence-electron chi connectivity index (χ2n) is 3.58. The number of hydrogen-bond donors (Lipinski definition) is 1. The third-order valence-corrected chi connectivity index (χ3v) is 2.46. The standard InChI is InChI=1S/C13H12FNO2/c1-17-11-5-2-9(3-6-11)13(16)12-7-4-10(14)8-15-12/h2-8,13,16H,1H3. The maximum atomic E-state index is 12.7. The zero-order valence-electron chi connectivity index (χ0n) is 9.30. The molecular formula is C13H12FNO2. The van der Waals surface area contributed by atoms with Crippen molar-refractivity contribution >= 4 is 0 Å². The molecule has 4 heteroatoms. The van der Waals surface area contributed by atoms with Crippen LogP contribution in [0, 0.1) is 5.82 Å². The van der Waals surface area contributed by atoms with Crippen molar-refractivity contribution in [2.75, 3.05) is 7.11 Å². The highest BCUT2D eigenvalue weighted by Gasteiger charge is 2.11. The van der Waals surface area contributed by atoms with Crippen molar-refractivity contribution in [3.05, 3.63) is 59.7 Å². The van der Waals surface area contributed by atoms with Gasteiger partial charge in [0.2, 0.25) is 0 Å². The van der Waals surface area contributed by atoms with Crippen molar-refractivity contribution in [1.82, 2.24) is 4.98 Å². The van der Waals surface area contributed by atoms with Gasteiger partial charge in [0.05, 0.1) is 19.0 Å². The van der Waals surface area contributed by atoms with Crippen LogP contribution in [0.15, 0.2) is 42.6 Å². The van der Waals surface area contributed by atoms with Gasteiger partial charge in [0.15, 0.2) is 0 Å². The summed E-state index contributed by atoms with van der Waals surface area (Å²) in [7, 11) is 1.58. The molecule has 0 bridgehead atoms. The summed E-state index contributed by atoms with van der Waals surface area (Å²) >= 11 is 0. The lowest BCUT2D eigenvalue weighted by Gasteiger charge is -2.10. The summed E-state index contributed by atoms with van der Waals surface area (Å²) in [5.41, 5.74) is 1.10. The SMILES string of the molecule is COc1ccc(C(O)c2ccc(F)cn2)cc1. The smallest absolute Gasteiger partial charge is 0.141 e. The first-order valence-corrected chi connectivity index (χ1v) is 5.14. The van der Waals surface area contributed by atoms with Gasteiger partial charge in [-0.25, -0.2) is 4.39 Å². The number of ether oxygens (including phenoxy) is 1. The molecule has 1 aromatic heterocycles. The van der Waals surface area contributed by atoms with Crippen LogP contribution < -0.4 is 4.74 Å². The fourth-order valence-corrected chi connectivity index (χ4v) is 1.51. The van der Waals surface area contributed by atoms with E-state index in [4.69, 9.17) is 4.74 Å². The predicted octanol–water partition coefficient (Wildman–Crippen LogP) is 2.31. The first kappa shape index (κ1) is 11.5. The van der Waals surface area contributed by atoms with Gasteiger partial charge in [-0.3, -0.25) is 4.98 Å². The summed E-state index contributed by atoms with van der Waals surface area (Å²) in [6.45, 7) is 0. The lowest BCUT2D eigenvalue weighted by molar-refractivity contribution is 0.215. The fraction of sp³-hybridized carbons (Fsp3) is 0.154. The van der Waals surface area contributed by atoms with E-state index in [1.165, 1.54) is 12.1 Å². The topological polar surface area (TPSA) is 42.4 Å². The molecule has 1 aromatic carbocycles. The molecule has 0 fully saturated rings. The minimum absolute atomic E-state index is 0.413. The number of methoxy groups -OCH3 is 1. The van der Waals surface area contributed by atoms with Crippen molar-refractivity contribution in [3.8, 4) is 5.75 Å². The number of aliphatic hydroxyl groups excluding tert-OH is 1. The number of hydrogen-bond acceptors (Lipinski definition) is 3. The molecule has 17 heavy (non-hydrogen) atoms. The van der Waals surface area contributed by atoms with E-state index in [9.17, 15) is 9.50 Å². The predicted molar refractivity (Wildman–Crippen MR) is 61.3 cm³/mol. The first-order chi connectivity index (χ1) is 8.20. The zero-order valence-corrected chi connectivity index (χ0v) is 9.30. The van der Waals surface area contributed by atoms with E-state index in [0.717, 1.165) is 6.20 Å². The summed E-state index contributed by atoms with van der Waals surface area (Å²) in [4.78, 5) is 3.84. The molecule has 1 N–H and O–H groups in total. The normalized spacial score (nSPS) is 12.2. The molecule has 0 aliphatic carbocycles. The van der Waals surface area contributed by atoms with Crippen LogP contribution in [-0.4, -0.2) is 17.2 Å². The number of pyridine rings is 1. The number of aromatic nitrogens is 1. The lowest BCUT2D eigenvalue weighted by Crippen LogP contribution is -2.02. The Morgan fingerprint density at radius 1 is 1.18 bits per heavy atom. The Morgan fingerprint density at radius 3 is 2.41 bits per heavy atom. The number of benzene rings is 1. The van der Waals surface area contributed by atoms with Crippen molar-refractivity contribution in [2.45, 2.75) is 6.10 Å². The molecule has 2 rings (SSSR count). The highest BCUT2D eigenvalue weighted by Crippen LogP contribution is 2.22. The Morgan fingerprint density at radius 2 is 1.88 bits per heavy atom. The second-order valence-corrected chi connectivity index (χ2v) is 3.58. The van der Waals surface area contributed by atoms with Gasteiger partial charge < -0.3 is 9.84 Å². The molecule has 1 atom stereocenters. The Bertz CT molecular complexity index is 482. The van der Waals surface area contributed by atoms with Crippen LogP contribution in [-0.2, 0) is 0 Å². The molecule has 0 saturated heterocycles. The van der Waals surface area contributed by atoms with Crippen LogP contribution in [0.1, 0.15) is 17.4 Å². The Labute approximate surface area is 98.5 Å². The maximum Gasteiger partial charge on any atom is 0.141 e. The maximum absolute atomic E-state index is 12.7. The summed E-state index contributed by atoms with van der Waals surface area (Å²) in [6, 6.07) is 9.73. The van der Waals surface area contributed by atoms with Gasteiger partial charge in [-0.15, -0.1) is 0 Å². The fourth-order valence-electron chi connectivity index (χ4n) is 1.51. The van der Waals surface area contributed by atoms with Crippen LogP contribution in [0.4, 0.5) is 4.39 Å². The zero-order chi connectivity index (χ0) is 12.3. The van der Waals surface area contributed by atoms with Crippen molar-refractivity contribution in [2.24, 2.45) is 0 Å². The number of rotatable bonds is 3. The molecule has 3 nitrogen and oxygen atoms in total. The van der Waals surface area contributed by atoms with Crippen molar-refractivity contribution < 1.29 is 14.2 Å². The monoisotopic (exact) mass is 233 g/mol. The Kier molecular flexibility index (Phi) is 3.35. The van der Waals surface area contributed by atoms with E-state index in [-0.39, 0.29) is 0 Å². The molecule has 88 valence electrons. The van der Waals surface area contributed by atoms with Crippen molar-refractivity contribution in [3.63, 3.8) is 0 Å². The molecule has 1 unspecified atom stereocenters. The molecule has 0 aliphatic rings. The second kappa shape index (κ2) is 4.93. The Hall–Kier alpha value is -1.94. The van der Waals surface area contributed by atoms with E-state index in [1.54, 1.807) is 31.4 Å². The third kappa shape index (κ3) is 2.60. The minimum Gasteiger partial charge on any atom is -0.497 e. The van der Waals surface area contributed by atoms with E-state index >= 15 is 0 Å². The van der Waals surface area contributed by atoms with Gasteiger partial charge in [0, 0.05) is 0 Å². The summed E-state index contributed by atoms with van der Waals surface area (Å²) in [6.07, 6.45) is 0.226. The molecular weight excluding hydrogens is 221 g/mol. The van der Waals surface area contributed by atoms with Gasteiger partial charge in [-0.1, -0.05) is 12.1 Å². The number of nitrogens with zero attached hydrogens (tertiary/aromatic N) is 1. The average molecular weight is 233 g/mol. The summed E-state index contributed by atoms with van der Waals surface area (Å²) < 4.78 is 17.7. The molecule has 0 radical (unpaired) electrons. The van der Waals surface area contributed by atoms with Gasteiger partial charge in [0.1, 0.15) is 17.7 Å². The van der Waals surface area contributed by atoms with Crippen LogP contribution in [0.2, 0.25) is 0 Å². The molecule has 2 aromatic rings. The first-order valence-electron chi connectivity index (χ1n) is 5.14. The van der Waals surface area contributed by atoms with Gasteiger partial charge in [-0.05, 0) is 29.8 Å². The molecule has 0 aliphatic heterocycles. The van der Waals surface area contributed by atoms with Crippen LogP contribution in [0.5, 0.6) is 5.75 Å². The third-order valence-electron chi connectivity index (χ3n) is 2.46.